The molecule has 0 aliphatic carbocycles. The minimum atomic E-state index is -0.110. The maximum absolute atomic E-state index is 11.6. The van der Waals surface area contributed by atoms with Crippen molar-refractivity contribution in [2.45, 2.75) is 25.4 Å². The average molecular weight is 205 g/mol. The van der Waals surface area contributed by atoms with Crippen LogP contribution in [0, 0.1) is 0 Å². The minimum Gasteiger partial charge on any atom is -0.334 e. The molecule has 0 bridgehead atoms. The van der Waals surface area contributed by atoms with Crippen LogP contribution in [0.3, 0.4) is 0 Å². The van der Waals surface area contributed by atoms with Gasteiger partial charge in [-0.2, -0.15) is 0 Å². The number of likely N-dealkylation sites (N-methyl/N-ethyl adjacent to an activating group) is 1. The number of carbonyl (C=O) groups is 1. The van der Waals surface area contributed by atoms with Crippen LogP contribution in [0.15, 0.2) is 24.5 Å². The number of pyridine rings is 1. The van der Waals surface area contributed by atoms with Gasteiger partial charge in [-0.25, -0.2) is 0 Å². The van der Waals surface area contributed by atoms with E-state index in [4.69, 9.17) is 5.73 Å². The van der Waals surface area contributed by atoms with Crippen LogP contribution in [0.5, 0.6) is 0 Å². The Kier molecular flexibility index (Phi) is 2.68. The lowest BCUT2D eigenvalue weighted by Gasteiger charge is -2.25. The molecule has 80 valence electrons. The summed E-state index contributed by atoms with van der Waals surface area (Å²) in [5.41, 5.74) is 7.00. The van der Waals surface area contributed by atoms with Crippen LogP contribution in [-0.2, 0) is 4.79 Å². The van der Waals surface area contributed by atoms with Crippen molar-refractivity contribution in [1.29, 1.82) is 0 Å². The highest BCUT2D eigenvalue weighted by atomic mass is 16.2. The van der Waals surface area contributed by atoms with E-state index in [2.05, 4.69) is 4.98 Å². The molecule has 15 heavy (non-hydrogen) atoms. The second kappa shape index (κ2) is 3.98. The molecular weight excluding hydrogens is 190 g/mol. The minimum absolute atomic E-state index is 0.00352. The molecule has 4 nitrogen and oxygen atoms in total. The third-order valence-corrected chi connectivity index (χ3v) is 2.84. The van der Waals surface area contributed by atoms with Crippen LogP contribution in [0.4, 0.5) is 0 Å². The van der Waals surface area contributed by atoms with E-state index in [1.807, 2.05) is 24.0 Å². The molecule has 0 saturated carbocycles. The SMILES string of the molecule is CCN1C(=O)C[C@H](N)[C@@H]1c1cccnc1. The van der Waals surface area contributed by atoms with E-state index >= 15 is 0 Å². The van der Waals surface area contributed by atoms with Gasteiger partial charge in [-0.15, -0.1) is 0 Å². The zero-order valence-corrected chi connectivity index (χ0v) is 8.76. The summed E-state index contributed by atoms with van der Waals surface area (Å²) in [5.74, 6) is 0.138. The lowest BCUT2D eigenvalue weighted by molar-refractivity contribution is -0.128. The zero-order chi connectivity index (χ0) is 10.8. The second-order valence-corrected chi connectivity index (χ2v) is 3.78. The van der Waals surface area contributed by atoms with Gasteiger partial charge in [0.15, 0.2) is 0 Å². The molecular formula is C11H15N3O. The summed E-state index contributed by atoms with van der Waals surface area (Å²) >= 11 is 0. The monoisotopic (exact) mass is 205 g/mol. The van der Waals surface area contributed by atoms with Crippen LogP contribution in [0.1, 0.15) is 24.9 Å². The molecule has 0 radical (unpaired) electrons. The fourth-order valence-electron chi connectivity index (χ4n) is 2.17. The summed E-state index contributed by atoms with van der Waals surface area (Å²) in [6.45, 7) is 2.67. The van der Waals surface area contributed by atoms with Gasteiger partial charge in [-0.3, -0.25) is 9.78 Å². The number of nitrogens with zero attached hydrogens (tertiary/aromatic N) is 2. The summed E-state index contributed by atoms with van der Waals surface area (Å²) in [7, 11) is 0. The largest absolute Gasteiger partial charge is 0.334 e. The Hall–Kier alpha value is -1.42. The number of hydrogen-bond donors (Lipinski definition) is 1. The molecule has 2 rings (SSSR count). The molecule has 0 spiro atoms. The molecule has 4 heteroatoms. The number of carbonyl (C=O) groups excluding carboxylic acids is 1. The summed E-state index contributed by atoms with van der Waals surface area (Å²) in [6.07, 6.45) is 3.95. The third-order valence-electron chi connectivity index (χ3n) is 2.84. The molecule has 1 aromatic heterocycles. The van der Waals surface area contributed by atoms with Gasteiger partial charge >= 0.3 is 0 Å². The number of aromatic nitrogens is 1. The summed E-state index contributed by atoms with van der Waals surface area (Å²) in [6, 6.07) is 3.73. The van der Waals surface area contributed by atoms with Gasteiger partial charge in [0.2, 0.25) is 5.91 Å². The predicted molar refractivity (Wildman–Crippen MR) is 57.0 cm³/mol. The first-order chi connectivity index (χ1) is 7.24. The van der Waals surface area contributed by atoms with Crippen molar-refractivity contribution in [1.82, 2.24) is 9.88 Å². The van der Waals surface area contributed by atoms with Crippen molar-refractivity contribution in [3.8, 4) is 0 Å². The van der Waals surface area contributed by atoms with Crippen LogP contribution < -0.4 is 5.73 Å². The summed E-state index contributed by atoms with van der Waals surface area (Å²) in [5, 5.41) is 0. The Balaban J connectivity index is 2.31. The van der Waals surface area contributed by atoms with Crippen molar-refractivity contribution >= 4 is 5.91 Å². The smallest absolute Gasteiger partial charge is 0.224 e. The lowest BCUT2D eigenvalue weighted by Crippen LogP contribution is -2.32. The van der Waals surface area contributed by atoms with Crippen molar-refractivity contribution in [2.24, 2.45) is 5.73 Å². The predicted octanol–water partition coefficient (Wildman–Crippen LogP) is 0.702. The molecule has 1 aromatic rings. The fourth-order valence-corrected chi connectivity index (χ4v) is 2.17. The topological polar surface area (TPSA) is 59.2 Å². The Morgan fingerprint density at radius 1 is 1.67 bits per heavy atom. The molecule has 2 N–H and O–H groups in total. The second-order valence-electron chi connectivity index (χ2n) is 3.78. The molecule has 1 saturated heterocycles. The first-order valence-electron chi connectivity index (χ1n) is 5.19. The number of rotatable bonds is 2. The lowest BCUT2D eigenvalue weighted by atomic mass is 10.0. The maximum Gasteiger partial charge on any atom is 0.224 e. The highest BCUT2D eigenvalue weighted by molar-refractivity contribution is 5.80. The van der Waals surface area contributed by atoms with Crippen molar-refractivity contribution in [2.75, 3.05) is 6.54 Å². The van der Waals surface area contributed by atoms with Crippen molar-refractivity contribution in [3.63, 3.8) is 0 Å². The molecule has 1 aliphatic rings. The number of hydrogen-bond acceptors (Lipinski definition) is 3. The van der Waals surface area contributed by atoms with Crippen molar-refractivity contribution < 1.29 is 4.79 Å². The molecule has 2 heterocycles. The van der Waals surface area contributed by atoms with Crippen LogP contribution in [-0.4, -0.2) is 28.4 Å². The highest BCUT2D eigenvalue weighted by Gasteiger charge is 2.37. The molecule has 0 aromatic carbocycles. The standard InChI is InChI=1S/C11H15N3O/c1-2-14-10(15)6-9(12)11(14)8-4-3-5-13-7-8/h3-5,7,9,11H,2,6,12H2,1H3/t9-,11-/m0/s1. The van der Waals surface area contributed by atoms with Gasteiger partial charge in [0.25, 0.3) is 0 Å². The Morgan fingerprint density at radius 3 is 3.07 bits per heavy atom. The van der Waals surface area contributed by atoms with Gasteiger partial charge in [0, 0.05) is 31.4 Å². The van der Waals surface area contributed by atoms with E-state index in [1.54, 1.807) is 12.4 Å². The number of nitrogens with two attached hydrogens (primary N) is 1. The molecule has 2 atom stereocenters. The molecule has 0 unspecified atom stereocenters. The van der Waals surface area contributed by atoms with Crippen molar-refractivity contribution in [3.05, 3.63) is 30.1 Å². The van der Waals surface area contributed by atoms with E-state index in [0.29, 0.717) is 13.0 Å². The number of amides is 1. The van der Waals surface area contributed by atoms with Crippen LogP contribution in [0.2, 0.25) is 0 Å². The van der Waals surface area contributed by atoms with Crippen LogP contribution >= 0.6 is 0 Å². The summed E-state index contributed by atoms with van der Waals surface area (Å²) in [4.78, 5) is 17.5. The average Bonchev–Trinajstić information content (AvgIpc) is 2.54. The summed E-state index contributed by atoms with van der Waals surface area (Å²) < 4.78 is 0. The molecule has 1 aliphatic heterocycles. The fraction of sp³-hybridized carbons (Fsp3) is 0.455. The van der Waals surface area contributed by atoms with Gasteiger partial charge < -0.3 is 10.6 Å². The molecule has 1 amide bonds. The highest BCUT2D eigenvalue weighted by Crippen LogP contribution is 2.30. The van der Waals surface area contributed by atoms with E-state index in [0.717, 1.165) is 5.56 Å². The van der Waals surface area contributed by atoms with Gasteiger partial charge in [-0.05, 0) is 18.6 Å². The molecule has 1 fully saturated rings. The van der Waals surface area contributed by atoms with Crippen LogP contribution in [0.25, 0.3) is 0 Å². The Labute approximate surface area is 89.1 Å². The first kappa shape index (κ1) is 10.1. The van der Waals surface area contributed by atoms with E-state index < -0.39 is 0 Å². The van der Waals surface area contributed by atoms with E-state index in [9.17, 15) is 4.79 Å². The van der Waals surface area contributed by atoms with Gasteiger partial charge in [0.1, 0.15) is 0 Å². The van der Waals surface area contributed by atoms with Gasteiger partial charge in [0.05, 0.1) is 6.04 Å². The Bertz CT molecular complexity index is 352. The maximum atomic E-state index is 11.6. The Morgan fingerprint density at radius 2 is 2.47 bits per heavy atom. The third kappa shape index (κ3) is 1.72. The quantitative estimate of drug-likeness (QED) is 0.773. The normalized spacial score (nSPS) is 26.0. The first-order valence-corrected chi connectivity index (χ1v) is 5.19. The number of likely N-dealkylation sites (tertiary alicyclic amines) is 1. The van der Waals surface area contributed by atoms with E-state index in [1.165, 1.54) is 0 Å². The van der Waals surface area contributed by atoms with E-state index in [-0.39, 0.29) is 18.0 Å². The van der Waals surface area contributed by atoms with Gasteiger partial charge in [-0.1, -0.05) is 6.07 Å². The zero-order valence-electron chi connectivity index (χ0n) is 8.76.